The number of rotatable bonds is 7. The number of nitrogens with zero attached hydrogens (tertiary/aromatic N) is 2. The van der Waals surface area contributed by atoms with E-state index >= 15 is 0 Å². The molecule has 0 spiro atoms. The molecule has 1 saturated heterocycles. The van der Waals surface area contributed by atoms with Crippen molar-refractivity contribution in [1.82, 2.24) is 9.80 Å². The normalized spacial score (nSPS) is 20.4. The average Bonchev–Trinajstić information content (AvgIpc) is 2.79. The van der Waals surface area contributed by atoms with E-state index in [0.717, 1.165) is 5.56 Å². The van der Waals surface area contributed by atoms with Gasteiger partial charge in [0, 0.05) is 32.0 Å². The van der Waals surface area contributed by atoms with Crippen LogP contribution in [0.3, 0.4) is 0 Å². The van der Waals surface area contributed by atoms with Crippen LogP contribution in [-0.4, -0.2) is 68.3 Å². The van der Waals surface area contributed by atoms with Gasteiger partial charge in [-0.3, -0.25) is 0 Å². The molecule has 8 nitrogen and oxygen atoms in total. The predicted molar refractivity (Wildman–Crippen MR) is 132 cm³/mol. The van der Waals surface area contributed by atoms with Gasteiger partial charge in [0.15, 0.2) is 5.75 Å². The molecule has 2 aromatic rings. The van der Waals surface area contributed by atoms with Crippen molar-refractivity contribution in [3.63, 3.8) is 0 Å². The molecule has 1 aliphatic heterocycles. The number of hydrogen-bond acceptors (Lipinski definition) is 7. The van der Waals surface area contributed by atoms with Gasteiger partial charge in [-0.25, -0.2) is 9.59 Å². The number of benzene rings is 2. The lowest BCUT2D eigenvalue weighted by Crippen LogP contribution is -2.56. The molecule has 8 heteroatoms. The molecule has 0 saturated carbocycles. The summed E-state index contributed by atoms with van der Waals surface area (Å²) < 4.78 is 12.0. The molecule has 0 N–H and O–H groups in total. The quantitative estimate of drug-likeness (QED) is 0.325. The number of amides is 1. The van der Waals surface area contributed by atoms with Crippen LogP contribution in [0.5, 0.6) is 5.75 Å². The molecule has 2 atom stereocenters. The van der Waals surface area contributed by atoms with E-state index in [-0.39, 0.29) is 12.0 Å². The molecule has 1 fully saturated rings. The maximum Gasteiger partial charge on any atom is 0.410 e. The highest BCUT2D eigenvalue weighted by atomic mass is 17.2. The first-order chi connectivity index (χ1) is 16.5. The summed E-state index contributed by atoms with van der Waals surface area (Å²) in [6.45, 7) is 6.86. The average molecular weight is 485 g/mol. The second-order valence-corrected chi connectivity index (χ2v) is 10.1. The van der Waals surface area contributed by atoms with E-state index in [9.17, 15) is 9.59 Å². The Balaban J connectivity index is 2.03. The highest BCUT2D eigenvalue weighted by Crippen LogP contribution is 2.43. The van der Waals surface area contributed by atoms with Crippen LogP contribution in [0.25, 0.3) is 0 Å². The minimum Gasteiger partial charge on any atom is -0.450 e. The molecular weight excluding hydrogens is 448 g/mol. The predicted octanol–water partition coefficient (Wildman–Crippen LogP) is 4.50. The van der Waals surface area contributed by atoms with Gasteiger partial charge in [-0.05, 0) is 64.7 Å². The SMILES string of the molecule is COOc1cccc(C2(OC(=O)c3ccccc3)CCN(C(=O)OC(C)(C)C)CC2CN(C)C)c1. The Bertz CT molecular complexity index is 1000. The molecule has 190 valence electrons. The van der Waals surface area contributed by atoms with Gasteiger partial charge in [0.2, 0.25) is 0 Å². The first-order valence-electron chi connectivity index (χ1n) is 11.8. The van der Waals surface area contributed by atoms with Gasteiger partial charge in [0.1, 0.15) is 11.2 Å². The van der Waals surface area contributed by atoms with Crippen LogP contribution in [0.15, 0.2) is 54.6 Å². The highest BCUT2D eigenvalue weighted by Gasteiger charge is 2.49. The van der Waals surface area contributed by atoms with Gasteiger partial charge in [-0.1, -0.05) is 30.3 Å². The van der Waals surface area contributed by atoms with Gasteiger partial charge in [-0.2, -0.15) is 4.89 Å². The van der Waals surface area contributed by atoms with Crippen LogP contribution in [0, 0.1) is 5.92 Å². The summed E-state index contributed by atoms with van der Waals surface area (Å²) in [5.74, 6) is -0.152. The lowest BCUT2D eigenvalue weighted by Gasteiger charge is -2.48. The van der Waals surface area contributed by atoms with E-state index in [1.165, 1.54) is 7.11 Å². The molecule has 2 aromatic carbocycles. The van der Waals surface area contributed by atoms with Crippen LogP contribution >= 0.6 is 0 Å². The van der Waals surface area contributed by atoms with E-state index in [1.807, 2.05) is 64.0 Å². The van der Waals surface area contributed by atoms with E-state index < -0.39 is 17.2 Å². The van der Waals surface area contributed by atoms with Crippen molar-refractivity contribution in [2.75, 3.05) is 40.8 Å². The standard InChI is InChI=1S/C27H36N2O6/c1-26(2,3)34-25(31)29-16-15-27(22(19-29)18-28(4)5,21-13-10-14-23(17-21)35-32-6)33-24(30)20-11-8-7-9-12-20/h7-14,17,22H,15-16,18-19H2,1-6H3. The zero-order valence-corrected chi connectivity index (χ0v) is 21.4. The fraction of sp³-hybridized carbons (Fsp3) is 0.481. The molecule has 0 aromatic heterocycles. The minimum absolute atomic E-state index is 0.232. The zero-order chi connectivity index (χ0) is 25.6. The van der Waals surface area contributed by atoms with Gasteiger partial charge in [0.05, 0.1) is 12.7 Å². The Morgan fingerprint density at radius 1 is 1.09 bits per heavy atom. The maximum atomic E-state index is 13.3. The summed E-state index contributed by atoms with van der Waals surface area (Å²) in [6.07, 6.45) is 0.0282. The van der Waals surface area contributed by atoms with Gasteiger partial charge >= 0.3 is 12.1 Å². The third-order valence-corrected chi connectivity index (χ3v) is 5.88. The third-order valence-electron chi connectivity index (χ3n) is 5.88. The monoisotopic (exact) mass is 484 g/mol. The maximum absolute atomic E-state index is 13.3. The molecule has 0 radical (unpaired) electrons. The highest BCUT2D eigenvalue weighted by molar-refractivity contribution is 5.89. The van der Waals surface area contributed by atoms with Crippen LogP contribution in [0.2, 0.25) is 0 Å². The summed E-state index contributed by atoms with van der Waals surface area (Å²) in [7, 11) is 5.35. The number of likely N-dealkylation sites (tertiary alicyclic amines) is 1. The Hall–Kier alpha value is -3.10. The van der Waals surface area contributed by atoms with Gasteiger partial charge in [0.25, 0.3) is 0 Å². The van der Waals surface area contributed by atoms with Crippen LogP contribution in [0.4, 0.5) is 4.79 Å². The number of ether oxygens (including phenoxy) is 2. The van der Waals surface area contributed by atoms with Crippen molar-refractivity contribution >= 4 is 12.1 Å². The first kappa shape index (κ1) is 26.5. The Morgan fingerprint density at radius 3 is 2.43 bits per heavy atom. The van der Waals surface area contributed by atoms with E-state index in [2.05, 4.69) is 0 Å². The molecule has 1 aliphatic rings. The summed E-state index contributed by atoms with van der Waals surface area (Å²) in [5, 5.41) is 0. The van der Waals surface area contributed by atoms with E-state index in [1.54, 1.807) is 35.2 Å². The van der Waals surface area contributed by atoms with Crippen LogP contribution in [0.1, 0.15) is 43.1 Å². The number of carbonyl (C=O) groups excluding carboxylic acids is 2. The number of hydrogen-bond donors (Lipinski definition) is 0. The third kappa shape index (κ3) is 6.74. The van der Waals surface area contributed by atoms with Crippen LogP contribution in [-0.2, 0) is 20.0 Å². The zero-order valence-electron chi connectivity index (χ0n) is 21.4. The summed E-state index contributed by atoms with van der Waals surface area (Å²) in [6, 6.07) is 16.3. The molecule has 0 bridgehead atoms. The van der Waals surface area contributed by atoms with Crippen molar-refractivity contribution < 1.29 is 28.8 Å². The smallest absolute Gasteiger partial charge is 0.410 e. The topological polar surface area (TPSA) is 77.5 Å². The van der Waals surface area contributed by atoms with E-state index in [4.69, 9.17) is 19.2 Å². The molecule has 0 aliphatic carbocycles. The van der Waals surface area contributed by atoms with Crippen molar-refractivity contribution in [3.05, 3.63) is 65.7 Å². The van der Waals surface area contributed by atoms with Gasteiger partial charge < -0.3 is 24.2 Å². The van der Waals surface area contributed by atoms with E-state index in [0.29, 0.717) is 37.4 Å². The van der Waals surface area contributed by atoms with Crippen molar-refractivity contribution in [2.45, 2.75) is 38.4 Å². The summed E-state index contributed by atoms with van der Waals surface area (Å²) in [5.41, 5.74) is -0.349. The molecule has 1 heterocycles. The second kappa shape index (κ2) is 11.1. The largest absolute Gasteiger partial charge is 0.450 e. The van der Waals surface area contributed by atoms with Crippen molar-refractivity contribution in [2.24, 2.45) is 5.92 Å². The molecule has 35 heavy (non-hydrogen) atoms. The number of carbonyl (C=O) groups is 2. The van der Waals surface area contributed by atoms with Gasteiger partial charge in [-0.15, -0.1) is 0 Å². The van der Waals surface area contributed by atoms with Crippen LogP contribution < -0.4 is 4.89 Å². The molecular formula is C27H36N2O6. The Kier molecular flexibility index (Phi) is 8.40. The molecule has 1 amide bonds. The number of esters is 1. The molecule has 2 unspecified atom stereocenters. The second-order valence-electron chi connectivity index (χ2n) is 10.1. The minimum atomic E-state index is -0.997. The molecule has 3 rings (SSSR count). The fourth-order valence-corrected chi connectivity index (χ4v) is 4.43. The summed E-state index contributed by atoms with van der Waals surface area (Å²) in [4.78, 5) is 40.1. The van der Waals surface area contributed by atoms with Crippen molar-refractivity contribution in [3.8, 4) is 5.75 Å². The lowest BCUT2D eigenvalue weighted by molar-refractivity contribution is -0.178. The fourth-order valence-electron chi connectivity index (χ4n) is 4.43. The Labute approximate surface area is 207 Å². The lowest BCUT2D eigenvalue weighted by atomic mass is 9.75. The summed E-state index contributed by atoms with van der Waals surface area (Å²) >= 11 is 0. The number of piperidine rings is 1. The Morgan fingerprint density at radius 2 is 1.80 bits per heavy atom. The first-order valence-corrected chi connectivity index (χ1v) is 11.8. The van der Waals surface area contributed by atoms with Crippen molar-refractivity contribution in [1.29, 1.82) is 0 Å².